The predicted octanol–water partition coefficient (Wildman–Crippen LogP) is 4.40. The van der Waals surface area contributed by atoms with Crippen molar-refractivity contribution in [3.05, 3.63) is 29.1 Å². The third-order valence-electron chi connectivity index (χ3n) is 4.33. The van der Waals surface area contributed by atoms with Crippen LogP contribution in [0.25, 0.3) is 0 Å². The van der Waals surface area contributed by atoms with E-state index in [1.165, 1.54) is 31.7 Å². The maximum atomic E-state index is 13.9. The summed E-state index contributed by atoms with van der Waals surface area (Å²) in [6.07, 6.45) is 7.06. The SMILES string of the molecule is CC.NC(=O)c1cc(C2CC2)c(OCC2CCCC2)cc1F. The van der Waals surface area contributed by atoms with E-state index in [0.29, 0.717) is 24.2 Å². The van der Waals surface area contributed by atoms with Crippen molar-refractivity contribution in [2.24, 2.45) is 11.7 Å². The zero-order valence-electron chi connectivity index (χ0n) is 13.5. The Morgan fingerprint density at radius 3 is 2.41 bits per heavy atom. The van der Waals surface area contributed by atoms with Crippen LogP contribution in [-0.4, -0.2) is 12.5 Å². The maximum Gasteiger partial charge on any atom is 0.251 e. The molecule has 0 bridgehead atoms. The molecule has 1 amide bonds. The fourth-order valence-corrected chi connectivity index (χ4v) is 2.98. The number of nitrogens with two attached hydrogens (primary N) is 1. The van der Waals surface area contributed by atoms with Gasteiger partial charge in [0.25, 0.3) is 5.91 Å². The third-order valence-corrected chi connectivity index (χ3v) is 4.33. The minimum absolute atomic E-state index is 0.0277. The lowest BCUT2D eigenvalue weighted by Gasteiger charge is -2.15. The van der Waals surface area contributed by atoms with Gasteiger partial charge in [0.05, 0.1) is 12.2 Å². The number of carbonyl (C=O) groups is 1. The fourth-order valence-electron chi connectivity index (χ4n) is 2.98. The summed E-state index contributed by atoms with van der Waals surface area (Å²) in [6.45, 7) is 4.65. The molecule has 3 nitrogen and oxygen atoms in total. The van der Waals surface area contributed by atoms with Crippen LogP contribution in [0.3, 0.4) is 0 Å². The third kappa shape index (κ3) is 3.99. The summed E-state index contributed by atoms with van der Waals surface area (Å²) in [6, 6.07) is 2.92. The molecular formula is C18H26FNO2. The first kappa shape index (κ1) is 16.8. The van der Waals surface area contributed by atoms with Crippen molar-refractivity contribution < 1.29 is 13.9 Å². The number of hydrogen-bond acceptors (Lipinski definition) is 2. The predicted molar refractivity (Wildman–Crippen MR) is 85.7 cm³/mol. The van der Waals surface area contributed by atoms with Crippen LogP contribution in [0.5, 0.6) is 5.75 Å². The molecule has 22 heavy (non-hydrogen) atoms. The largest absolute Gasteiger partial charge is 0.493 e. The van der Waals surface area contributed by atoms with Crippen LogP contribution < -0.4 is 10.5 Å². The van der Waals surface area contributed by atoms with Crippen LogP contribution in [0.4, 0.5) is 4.39 Å². The molecule has 2 aliphatic carbocycles. The second-order valence-corrected chi connectivity index (χ2v) is 5.97. The van der Waals surface area contributed by atoms with Crippen LogP contribution in [0, 0.1) is 11.7 Å². The molecule has 1 aromatic carbocycles. The summed E-state index contributed by atoms with van der Waals surface area (Å²) >= 11 is 0. The first-order valence-electron chi connectivity index (χ1n) is 8.41. The molecule has 0 heterocycles. The summed E-state index contributed by atoms with van der Waals surface area (Å²) in [7, 11) is 0. The quantitative estimate of drug-likeness (QED) is 0.876. The Morgan fingerprint density at radius 1 is 1.23 bits per heavy atom. The molecule has 0 radical (unpaired) electrons. The summed E-state index contributed by atoms with van der Waals surface area (Å²) < 4.78 is 19.7. The van der Waals surface area contributed by atoms with Crippen molar-refractivity contribution in [3.8, 4) is 5.75 Å². The zero-order chi connectivity index (χ0) is 16.1. The summed E-state index contributed by atoms with van der Waals surface area (Å²) in [5.41, 5.74) is 6.12. The highest BCUT2D eigenvalue weighted by molar-refractivity contribution is 5.93. The second-order valence-electron chi connectivity index (χ2n) is 5.97. The number of rotatable bonds is 5. The highest BCUT2D eigenvalue weighted by Crippen LogP contribution is 2.45. The van der Waals surface area contributed by atoms with Gasteiger partial charge in [-0.1, -0.05) is 26.7 Å². The van der Waals surface area contributed by atoms with Gasteiger partial charge in [-0.15, -0.1) is 0 Å². The van der Waals surface area contributed by atoms with Crippen LogP contribution in [0.15, 0.2) is 12.1 Å². The Bertz CT molecular complexity index is 520. The van der Waals surface area contributed by atoms with Crippen LogP contribution in [-0.2, 0) is 0 Å². The summed E-state index contributed by atoms with van der Waals surface area (Å²) in [5, 5.41) is 0. The molecule has 3 rings (SSSR count). The van der Waals surface area contributed by atoms with Crippen molar-refractivity contribution in [1.82, 2.24) is 0 Å². The van der Waals surface area contributed by atoms with Gasteiger partial charge in [0, 0.05) is 6.07 Å². The lowest BCUT2D eigenvalue weighted by molar-refractivity contribution is 0.0996. The normalized spacial score (nSPS) is 17.8. The highest BCUT2D eigenvalue weighted by Gasteiger charge is 2.29. The molecule has 2 fully saturated rings. The molecule has 0 saturated heterocycles. The number of benzene rings is 1. The van der Waals surface area contributed by atoms with Gasteiger partial charge < -0.3 is 10.5 Å². The lowest BCUT2D eigenvalue weighted by atomic mass is 10.0. The molecule has 122 valence electrons. The van der Waals surface area contributed by atoms with E-state index in [9.17, 15) is 9.18 Å². The number of carbonyl (C=O) groups excluding carboxylic acids is 1. The number of halogens is 1. The van der Waals surface area contributed by atoms with E-state index in [-0.39, 0.29) is 5.56 Å². The Labute approximate surface area is 132 Å². The number of ether oxygens (including phenoxy) is 1. The molecule has 2 aliphatic rings. The first-order valence-corrected chi connectivity index (χ1v) is 8.41. The van der Waals surface area contributed by atoms with Gasteiger partial charge in [0.2, 0.25) is 0 Å². The molecule has 4 heteroatoms. The second kappa shape index (κ2) is 7.61. The molecular weight excluding hydrogens is 281 g/mol. The average Bonchev–Trinajstić information content (AvgIpc) is 3.22. The van der Waals surface area contributed by atoms with Gasteiger partial charge in [-0.25, -0.2) is 4.39 Å². The van der Waals surface area contributed by atoms with Gasteiger partial charge in [0.1, 0.15) is 11.6 Å². The first-order chi connectivity index (χ1) is 10.6. The fraction of sp³-hybridized carbons (Fsp3) is 0.611. The van der Waals surface area contributed by atoms with E-state index in [2.05, 4.69) is 0 Å². The highest BCUT2D eigenvalue weighted by atomic mass is 19.1. The van der Waals surface area contributed by atoms with Gasteiger partial charge >= 0.3 is 0 Å². The Hall–Kier alpha value is -1.58. The molecule has 0 aromatic heterocycles. The van der Waals surface area contributed by atoms with Crippen molar-refractivity contribution in [3.63, 3.8) is 0 Å². The van der Waals surface area contributed by atoms with Crippen molar-refractivity contribution in [1.29, 1.82) is 0 Å². The van der Waals surface area contributed by atoms with Crippen LogP contribution in [0.1, 0.15) is 74.2 Å². The molecule has 0 unspecified atom stereocenters. The lowest BCUT2D eigenvalue weighted by Crippen LogP contribution is -2.15. The Morgan fingerprint density at radius 2 is 1.86 bits per heavy atom. The molecule has 0 atom stereocenters. The smallest absolute Gasteiger partial charge is 0.251 e. The minimum atomic E-state index is -0.716. The van der Waals surface area contributed by atoms with E-state index >= 15 is 0 Å². The van der Waals surface area contributed by atoms with E-state index in [1.807, 2.05) is 13.8 Å². The van der Waals surface area contributed by atoms with Crippen molar-refractivity contribution in [2.45, 2.75) is 58.3 Å². The topological polar surface area (TPSA) is 52.3 Å². The van der Waals surface area contributed by atoms with Crippen LogP contribution >= 0.6 is 0 Å². The molecule has 1 aromatic rings. The standard InChI is InChI=1S/C16H20FNO2.C2H6/c17-14-8-15(20-9-10-3-1-2-4-10)12(11-5-6-11)7-13(14)16(18)19;1-2/h7-8,10-11H,1-6,9H2,(H2,18,19);1-2H3. The minimum Gasteiger partial charge on any atom is -0.493 e. The van der Waals surface area contributed by atoms with Crippen LogP contribution in [0.2, 0.25) is 0 Å². The molecule has 0 aliphatic heterocycles. The number of amides is 1. The average molecular weight is 307 g/mol. The van der Waals surface area contributed by atoms with E-state index in [4.69, 9.17) is 10.5 Å². The summed E-state index contributed by atoms with van der Waals surface area (Å²) in [5.74, 6) is 0.283. The van der Waals surface area contributed by atoms with E-state index < -0.39 is 11.7 Å². The molecule has 2 N–H and O–H groups in total. The van der Waals surface area contributed by atoms with Crippen molar-refractivity contribution in [2.75, 3.05) is 6.61 Å². The van der Waals surface area contributed by atoms with Crippen molar-refractivity contribution >= 4 is 5.91 Å². The monoisotopic (exact) mass is 307 g/mol. The maximum absolute atomic E-state index is 13.9. The number of primary amides is 1. The zero-order valence-corrected chi connectivity index (χ0v) is 13.5. The van der Waals surface area contributed by atoms with E-state index in [1.54, 1.807) is 6.07 Å². The van der Waals surface area contributed by atoms with E-state index in [0.717, 1.165) is 18.4 Å². The summed E-state index contributed by atoms with van der Waals surface area (Å²) in [4.78, 5) is 11.2. The molecule has 2 saturated carbocycles. The Kier molecular flexibility index (Phi) is 5.81. The van der Waals surface area contributed by atoms with Gasteiger partial charge in [-0.3, -0.25) is 4.79 Å². The van der Waals surface area contributed by atoms with Gasteiger partial charge in [-0.05, 0) is 49.1 Å². The van der Waals surface area contributed by atoms with Gasteiger partial charge in [0.15, 0.2) is 0 Å². The van der Waals surface area contributed by atoms with Gasteiger partial charge in [-0.2, -0.15) is 0 Å². The number of hydrogen-bond donors (Lipinski definition) is 1. The Balaban J connectivity index is 0.000000847. The molecule has 0 spiro atoms.